The van der Waals surface area contributed by atoms with E-state index in [1.54, 1.807) is 12.1 Å². The lowest BCUT2D eigenvalue weighted by molar-refractivity contribution is -0.0227. The summed E-state index contributed by atoms with van der Waals surface area (Å²) in [4.78, 5) is 14.9. The minimum atomic E-state index is -0.662. The fraction of sp³-hybridized carbons (Fsp3) is 0.571. The van der Waals surface area contributed by atoms with Crippen molar-refractivity contribution >= 4 is 5.97 Å². The first-order valence-electron chi connectivity index (χ1n) is 9.27. The molecule has 0 N–H and O–H groups in total. The summed E-state index contributed by atoms with van der Waals surface area (Å²) in [6, 6.07) is 9.16. The first-order chi connectivity index (χ1) is 12.2. The average Bonchev–Trinajstić information content (AvgIpc) is 2.64. The summed E-state index contributed by atoms with van der Waals surface area (Å²) in [6.45, 7) is 8.26. The quantitative estimate of drug-likeness (QED) is 0.431. The van der Waals surface area contributed by atoms with Gasteiger partial charge < -0.3 is 14.4 Å². The van der Waals surface area contributed by atoms with Gasteiger partial charge in [-0.15, -0.1) is 0 Å². The number of ether oxygens (including phenoxy) is 2. The summed E-state index contributed by atoms with van der Waals surface area (Å²) in [5.74, 6) is 6.19. The van der Waals surface area contributed by atoms with Gasteiger partial charge in [-0.3, -0.25) is 0 Å². The highest BCUT2D eigenvalue weighted by Gasteiger charge is 2.37. The highest BCUT2D eigenvalue weighted by molar-refractivity contribution is 5.89. The van der Waals surface area contributed by atoms with Gasteiger partial charge in [0.05, 0.1) is 12.2 Å². The van der Waals surface area contributed by atoms with Crippen LogP contribution in [0.3, 0.4) is 0 Å². The summed E-state index contributed by atoms with van der Waals surface area (Å²) < 4.78 is 11.4. The number of carbonyl (C=O) groups excluding carboxylic acids is 1. The molecule has 0 aromatic heterocycles. The second-order valence-electron chi connectivity index (χ2n) is 6.34. The molecule has 136 valence electrons. The lowest BCUT2D eigenvalue weighted by Crippen LogP contribution is -2.47. The topological polar surface area (TPSA) is 38.8 Å². The Balaban J connectivity index is 2.01. The third-order valence-corrected chi connectivity index (χ3v) is 4.41. The van der Waals surface area contributed by atoms with Crippen LogP contribution in [0.1, 0.15) is 49.9 Å². The Morgan fingerprint density at radius 2 is 1.92 bits per heavy atom. The lowest BCUT2D eigenvalue weighted by atomic mass is 9.91. The van der Waals surface area contributed by atoms with E-state index in [0.717, 1.165) is 58.5 Å². The molecule has 0 bridgehead atoms. The van der Waals surface area contributed by atoms with Gasteiger partial charge >= 0.3 is 5.97 Å². The average molecular weight is 343 g/mol. The smallest absolute Gasteiger partial charge is 0.339 e. The van der Waals surface area contributed by atoms with Gasteiger partial charge in [0.25, 0.3) is 0 Å². The van der Waals surface area contributed by atoms with Crippen molar-refractivity contribution < 1.29 is 14.3 Å². The summed E-state index contributed by atoms with van der Waals surface area (Å²) in [5.41, 5.74) is -0.0811. The maximum Gasteiger partial charge on any atom is 0.339 e. The molecule has 1 aliphatic rings. The Morgan fingerprint density at radius 1 is 1.20 bits per heavy atom. The van der Waals surface area contributed by atoms with E-state index in [4.69, 9.17) is 9.47 Å². The second kappa shape index (κ2) is 10.2. The molecule has 4 nitrogen and oxygen atoms in total. The molecule has 4 heteroatoms. The Kier molecular flexibility index (Phi) is 7.97. The number of nitrogens with zero attached hydrogens (tertiary/aromatic N) is 1. The standard InChI is InChI=1S/C21H29NO3/c1-3-5-9-12-21(25-20(23)19-10-7-6-8-11-19)13-15-22(16-14-21)17-18-24-4-2/h6-8,10-11H,3-5,13-18H2,1-2H3. The SMILES string of the molecule is CCCC#CC1(OC(=O)c2ccccc2)CCN(CCOCC)CC1. The van der Waals surface area contributed by atoms with Crippen molar-refractivity contribution in [1.82, 2.24) is 4.90 Å². The van der Waals surface area contributed by atoms with E-state index < -0.39 is 5.60 Å². The van der Waals surface area contributed by atoms with Crippen LogP contribution in [0.5, 0.6) is 0 Å². The molecule has 0 amide bonds. The van der Waals surface area contributed by atoms with Crippen LogP contribution in [0.15, 0.2) is 30.3 Å². The van der Waals surface area contributed by atoms with Crippen molar-refractivity contribution in [2.45, 2.75) is 45.1 Å². The van der Waals surface area contributed by atoms with Gasteiger partial charge in [0.2, 0.25) is 0 Å². The highest BCUT2D eigenvalue weighted by Crippen LogP contribution is 2.27. The maximum absolute atomic E-state index is 12.5. The van der Waals surface area contributed by atoms with Crippen LogP contribution in [-0.4, -0.2) is 49.3 Å². The number of esters is 1. The van der Waals surface area contributed by atoms with Crippen molar-refractivity contribution in [2.24, 2.45) is 0 Å². The molecule has 1 heterocycles. The summed E-state index contributed by atoms with van der Waals surface area (Å²) >= 11 is 0. The van der Waals surface area contributed by atoms with Crippen LogP contribution in [0.4, 0.5) is 0 Å². The van der Waals surface area contributed by atoms with E-state index in [-0.39, 0.29) is 5.97 Å². The molecule has 0 saturated carbocycles. The molecule has 0 atom stereocenters. The summed E-state index contributed by atoms with van der Waals surface area (Å²) in [7, 11) is 0. The van der Waals surface area contributed by atoms with E-state index in [0.29, 0.717) is 5.56 Å². The first kappa shape index (κ1) is 19.5. The number of piperidine rings is 1. The van der Waals surface area contributed by atoms with Gasteiger partial charge in [-0.25, -0.2) is 4.79 Å². The van der Waals surface area contributed by atoms with E-state index >= 15 is 0 Å². The highest BCUT2D eigenvalue weighted by atomic mass is 16.6. The van der Waals surface area contributed by atoms with Gasteiger partial charge in [-0.05, 0) is 25.5 Å². The number of rotatable bonds is 7. The van der Waals surface area contributed by atoms with Crippen LogP contribution in [-0.2, 0) is 9.47 Å². The fourth-order valence-electron chi connectivity index (χ4n) is 2.89. The third kappa shape index (κ3) is 6.19. The Morgan fingerprint density at radius 3 is 2.56 bits per heavy atom. The maximum atomic E-state index is 12.5. The minimum Gasteiger partial charge on any atom is -0.442 e. The number of likely N-dealkylation sites (tertiary alicyclic amines) is 1. The first-order valence-corrected chi connectivity index (χ1v) is 9.27. The molecule has 0 radical (unpaired) electrons. The Bertz CT molecular complexity index is 580. The van der Waals surface area contributed by atoms with Gasteiger partial charge in [0.15, 0.2) is 5.60 Å². The molecule has 0 aliphatic carbocycles. The number of unbranched alkanes of at least 4 members (excludes halogenated alkanes) is 1. The molecular weight excluding hydrogens is 314 g/mol. The predicted octanol–water partition coefficient (Wildman–Crippen LogP) is 3.52. The van der Waals surface area contributed by atoms with Gasteiger partial charge in [0, 0.05) is 45.5 Å². The number of benzene rings is 1. The molecule has 25 heavy (non-hydrogen) atoms. The number of carbonyl (C=O) groups is 1. The number of hydrogen-bond acceptors (Lipinski definition) is 4. The lowest BCUT2D eigenvalue weighted by Gasteiger charge is -2.38. The zero-order chi connectivity index (χ0) is 18.0. The van der Waals surface area contributed by atoms with Crippen LogP contribution in [0.2, 0.25) is 0 Å². The van der Waals surface area contributed by atoms with Gasteiger partial charge in [-0.2, -0.15) is 0 Å². The zero-order valence-electron chi connectivity index (χ0n) is 15.4. The van der Waals surface area contributed by atoms with Crippen LogP contribution in [0, 0.1) is 11.8 Å². The van der Waals surface area contributed by atoms with Crippen LogP contribution in [0.25, 0.3) is 0 Å². The Labute approximate surface area is 151 Å². The van der Waals surface area contributed by atoms with Gasteiger partial charge in [0.1, 0.15) is 0 Å². The minimum absolute atomic E-state index is 0.283. The van der Waals surface area contributed by atoms with Crippen molar-refractivity contribution in [2.75, 3.05) is 32.8 Å². The summed E-state index contributed by atoms with van der Waals surface area (Å²) in [5, 5.41) is 0. The largest absolute Gasteiger partial charge is 0.442 e. The van der Waals surface area contributed by atoms with E-state index in [9.17, 15) is 4.79 Å². The molecular formula is C21H29NO3. The summed E-state index contributed by atoms with van der Waals surface area (Å²) in [6.07, 6.45) is 3.33. The molecule has 1 aromatic rings. The van der Waals surface area contributed by atoms with Crippen LogP contribution < -0.4 is 0 Å². The van der Waals surface area contributed by atoms with E-state index in [1.165, 1.54) is 0 Å². The predicted molar refractivity (Wildman–Crippen MR) is 99.4 cm³/mol. The molecule has 0 unspecified atom stereocenters. The van der Waals surface area contributed by atoms with Crippen molar-refractivity contribution in [1.29, 1.82) is 0 Å². The van der Waals surface area contributed by atoms with Gasteiger partial charge in [-0.1, -0.05) is 37.0 Å². The third-order valence-electron chi connectivity index (χ3n) is 4.41. The fourth-order valence-corrected chi connectivity index (χ4v) is 2.89. The van der Waals surface area contributed by atoms with Crippen LogP contribution >= 0.6 is 0 Å². The molecule has 1 fully saturated rings. The van der Waals surface area contributed by atoms with E-state index in [1.807, 2.05) is 25.1 Å². The molecule has 1 saturated heterocycles. The van der Waals surface area contributed by atoms with E-state index in [2.05, 4.69) is 23.7 Å². The second-order valence-corrected chi connectivity index (χ2v) is 6.34. The normalized spacial score (nSPS) is 16.7. The number of hydrogen-bond donors (Lipinski definition) is 0. The molecule has 0 spiro atoms. The monoisotopic (exact) mass is 343 g/mol. The van der Waals surface area contributed by atoms with Crippen molar-refractivity contribution in [3.05, 3.63) is 35.9 Å². The van der Waals surface area contributed by atoms with Crippen molar-refractivity contribution in [3.63, 3.8) is 0 Å². The van der Waals surface area contributed by atoms with Crippen molar-refractivity contribution in [3.8, 4) is 11.8 Å². The molecule has 2 rings (SSSR count). The molecule has 1 aliphatic heterocycles. The molecule has 1 aromatic carbocycles. The zero-order valence-corrected chi connectivity index (χ0v) is 15.4. The Hall–Kier alpha value is -1.83.